The average Bonchev–Trinajstić information content (AvgIpc) is 2.39. The van der Waals surface area contributed by atoms with Crippen LogP contribution in [-0.4, -0.2) is 12.6 Å². The third-order valence-electron chi connectivity index (χ3n) is 2.75. The fraction of sp³-hybridized carbons (Fsp3) is 0.235. The summed E-state index contributed by atoms with van der Waals surface area (Å²) in [5, 5.41) is 0. The first-order valence-electron chi connectivity index (χ1n) is 6.26. The summed E-state index contributed by atoms with van der Waals surface area (Å²) in [6.07, 6.45) is 6.56. The van der Waals surface area contributed by atoms with Crippen LogP contribution in [0.15, 0.2) is 50.1 Å². The largest absolute Gasteiger partial charge is 0.458 e. The van der Waals surface area contributed by atoms with E-state index >= 15 is 0 Å². The van der Waals surface area contributed by atoms with Gasteiger partial charge >= 0.3 is 5.97 Å². The van der Waals surface area contributed by atoms with E-state index in [0.29, 0.717) is 12.0 Å². The quantitative estimate of drug-likeness (QED) is 0.548. The van der Waals surface area contributed by atoms with Gasteiger partial charge in [-0.1, -0.05) is 30.9 Å². The highest BCUT2D eigenvalue weighted by atomic mass is 16.5. The maximum atomic E-state index is 12.1. The van der Waals surface area contributed by atoms with Crippen molar-refractivity contribution >= 4 is 5.97 Å². The first kappa shape index (κ1) is 15.0. The van der Waals surface area contributed by atoms with E-state index in [1.165, 1.54) is 0 Å². The van der Waals surface area contributed by atoms with Crippen molar-refractivity contribution in [3.05, 3.63) is 72.4 Å². The monoisotopic (exact) mass is 256 g/mol. The Labute approximate surface area is 115 Å². The van der Waals surface area contributed by atoms with Crippen molar-refractivity contribution in [2.75, 3.05) is 6.61 Å². The first-order chi connectivity index (χ1) is 9.13. The molecule has 2 nitrogen and oxygen atoms in total. The fourth-order valence-electron chi connectivity index (χ4n) is 2.01. The lowest BCUT2D eigenvalue weighted by atomic mass is 9.94. The molecule has 1 rings (SSSR count). The van der Waals surface area contributed by atoms with Gasteiger partial charge in [0.1, 0.15) is 6.61 Å². The van der Waals surface area contributed by atoms with E-state index in [2.05, 4.69) is 25.8 Å². The van der Waals surface area contributed by atoms with Gasteiger partial charge in [0.2, 0.25) is 0 Å². The molecule has 0 saturated carbocycles. The summed E-state index contributed by atoms with van der Waals surface area (Å²) >= 11 is 0. The number of rotatable bonds is 7. The summed E-state index contributed by atoms with van der Waals surface area (Å²) in [6, 6.07) is 3.93. The predicted molar refractivity (Wildman–Crippen MR) is 79.5 cm³/mol. The maximum absolute atomic E-state index is 12.1. The molecule has 1 aromatic carbocycles. The average molecular weight is 256 g/mol. The van der Waals surface area contributed by atoms with Crippen LogP contribution in [0.3, 0.4) is 0 Å². The minimum absolute atomic E-state index is 0.219. The van der Waals surface area contributed by atoms with Crippen LogP contribution < -0.4 is 0 Å². The Morgan fingerprint density at radius 1 is 1.16 bits per heavy atom. The number of allylic oxidation sites excluding steroid dienone is 2. The molecule has 0 unspecified atom stereocenters. The topological polar surface area (TPSA) is 26.3 Å². The Kier molecular flexibility index (Phi) is 5.80. The highest BCUT2D eigenvalue weighted by Gasteiger charge is 2.15. The number of ether oxygens (including phenoxy) is 1. The van der Waals surface area contributed by atoms with Crippen LogP contribution in [0, 0.1) is 6.92 Å². The molecule has 0 saturated heterocycles. The summed E-state index contributed by atoms with van der Waals surface area (Å²) in [5.41, 5.74) is 3.71. The third kappa shape index (κ3) is 3.95. The van der Waals surface area contributed by atoms with Gasteiger partial charge in [0.25, 0.3) is 0 Å². The van der Waals surface area contributed by atoms with Crippen LogP contribution >= 0.6 is 0 Å². The van der Waals surface area contributed by atoms with Gasteiger partial charge in [-0.25, -0.2) is 4.79 Å². The van der Waals surface area contributed by atoms with Crippen molar-refractivity contribution < 1.29 is 9.53 Å². The molecule has 0 N–H and O–H groups in total. The summed E-state index contributed by atoms with van der Waals surface area (Å²) < 4.78 is 5.14. The van der Waals surface area contributed by atoms with Crippen LogP contribution in [0.5, 0.6) is 0 Å². The Morgan fingerprint density at radius 3 is 2.42 bits per heavy atom. The lowest BCUT2D eigenvalue weighted by Crippen LogP contribution is -2.11. The number of hydrogen-bond donors (Lipinski definition) is 0. The molecule has 0 amide bonds. The molecular formula is C17H20O2. The number of esters is 1. The smallest absolute Gasteiger partial charge is 0.338 e. The van der Waals surface area contributed by atoms with Crippen LogP contribution in [-0.2, 0) is 17.6 Å². The van der Waals surface area contributed by atoms with Gasteiger partial charge in [-0.05, 0) is 42.5 Å². The second kappa shape index (κ2) is 7.37. The van der Waals surface area contributed by atoms with Gasteiger partial charge in [-0.3, -0.25) is 0 Å². The molecular weight excluding hydrogens is 236 g/mol. The standard InChI is InChI=1S/C17H20O2/c1-5-8-14-11-13(4)12-16(15(14)9-6-2)17(18)19-10-7-3/h5-7,11-12H,1-3,8-10H2,4H3. The number of carbonyl (C=O) groups is 1. The van der Waals surface area contributed by atoms with Gasteiger partial charge in [0.15, 0.2) is 0 Å². The van der Waals surface area contributed by atoms with E-state index < -0.39 is 0 Å². The van der Waals surface area contributed by atoms with Crippen molar-refractivity contribution in [2.45, 2.75) is 19.8 Å². The van der Waals surface area contributed by atoms with E-state index in [1.807, 2.05) is 19.1 Å². The summed E-state index contributed by atoms with van der Waals surface area (Å²) in [4.78, 5) is 12.1. The van der Waals surface area contributed by atoms with E-state index in [0.717, 1.165) is 23.1 Å². The summed E-state index contributed by atoms with van der Waals surface area (Å²) in [7, 11) is 0. The highest BCUT2D eigenvalue weighted by molar-refractivity contribution is 5.92. The zero-order chi connectivity index (χ0) is 14.3. The first-order valence-corrected chi connectivity index (χ1v) is 6.26. The van der Waals surface area contributed by atoms with E-state index in [1.54, 1.807) is 12.2 Å². The zero-order valence-electron chi connectivity index (χ0n) is 11.4. The van der Waals surface area contributed by atoms with Gasteiger partial charge < -0.3 is 4.74 Å². The fourth-order valence-corrected chi connectivity index (χ4v) is 2.01. The molecule has 0 spiro atoms. The zero-order valence-corrected chi connectivity index (χ0v) is 11.4. The molecule has 100 valence electrons. The lowest BCUT2D eigenvalue weighted by Gasteiger charge is -2.13. The summed E-state index contributed by atoms with van der Waals surface area (Å²) in [5.74, 6) is -0.314. The third-order valence-corrected chi connectivity index (χ3v) is 2.75. The number of carbonyl (C=O) groups excluding carboxylic acids is 1. The predicted octanol–water partition coefficient (Wildman–Crippen LogP) is 3.79. The van der Waals surface area contributed by atoms with Gasteiger partial charge in [0.05, 0.1) is 5.56 Å². The second-order valence-electron chi connectivity index (χ2n) is 4.32. The highest BCUT2D eigenvalue weighted by Crippen LogP contribution is 2.21. The van der Waals surface area contributed by atoms with Gasteiger partial charge in [0, 0.05) is 0 Å². The Morgan fingerprint density at radius 2 is 1.84 bits per heavy atom. The van der Waals surface area contributed by atoms with Crippen molar-refractivity contribution in [3.8, 4) is 0 Å². The molecule has 0 atom stereocenters. The molecule has 0 heterocycles. The molecule has 0 aliphatic rings. The molecule has 0 fully saturated rings. The van der Waals surface area contributed by atoms with Crippen LogP contribution in [0.1, 0.15) is 27.0 Å². The minimum atomic E-state index is -0.314. The van der Waals surface area contributed by atoms with E-state index in [-0.39, 0.29) is 12.6 Å². The molecule has 19 heavy (non-hydrogen) atoms. The van der Waals surface area contributed by atoms with Crippen molar-refractivity contribution in [1.82, 2.24) is 0 Å². The molecule has 0 aliphatic carbocycles. The van der Waals surface area contributed by atoms with Gasteiger partial charge in [-0.15, -0.1) is 13.2 Å². The van der Waals surface area contributed by atoms with E-state index in [9.17, 15) is 4.79 Å². The number of aryl methyl sites for hydroxylation is 1. The Bertz CT molecular complexity index is 498. The number of hydrogen-bond acceptors (Lipinski definition) is 2. The van der Waals surface area contributed by atoms with Crippen LogP contribution in [0.25, 0.3) is 0 Å². The SMILES string of the molecule is C=CCOC(=O)c1cc(C)cc(CC=C)c1CC=C. The second-order valence-corrected chi connectivity index (χ2v) is 4.32. The molecule has 0 aliphatic heterocycles. The van der Waals surface area contributed by atoms with E-state index in [4.69, 9.17) is 4.74 Å². The molecule has 1 aromatic rings. The lowest BCUT2D eigenvalue weighted by molar-refractivity contribution is 0.0548. The normalized spacial score (nSPS) is 9.74. The molecule has 0 bridgehead atoms. The Hall–Kier alpha value is -2.09. The molecule has 0 aromatic heterocycles. The molecule has 0 radical (unpaired) electrons. The van der Waals surface area contributed by atoms with Crippen molar-refractivity contribution in [1.29, 1.82) is 0 Å². The number of benzene rings is 1. The Balaban J connectivity index is 3.25. The van der Waals surface area contributed by atoms with Crippen molar-refractivity contribution in [2.24, 2.45) is 0 Å². The molecule has 2 heteroatoms. The minimum Gasteiger partial charge on any atom is -0.458 e. The van der Waals surface area contributed by atoms with Crippen LogP contribution in [0.4, 0.5) is 0 Å². The summed E-state index contributed by atoms with van der Waals surface area (Å²) in [6.45, 7) is 13.2. The van der Waals surface area contributed by atoms with Crippen molar-refractivity contribution in [3.63, 3.8) is 0 Å². The maximum Gasteiger partial charge on any atom is 0.338 e. The van der Waals surface area contributed by atoms with Crippen LogP contribution in [0.2, 0.25) is 0 Å². The van der Waals surface area contributed by atoms with Gasteiger partial charge in [-0.2, -0.15) is 0 Å².